The van der Waals surface area contributed by atoms with Crippen molar-refractivity contribution in [3.8, 4) is 11.4 Å². The lowest BCUT2D eigenvalue weighted by molar-refractivity contribution is -0.385. The van der Waals surface area contributed by atoms with Gasteiger partial charge in [-0.3, -0.25) is 14.9 Å². The molecule has 10 heteroatoms. The number of nitro groups is 1. The van der Waals surface area contributed by atoms with Crippen LogP contribution in [0.3, 0.4) is 0 Å². The molecule has 1 saturated carbocycles. The number of carbonyl (C=O) groups excluding carboxylic acids is 1. The van der Waals surface area contributed by atoms with Gasteiger partial charge in [0, 0.05) is 22.3 Å². The summed E-state index contributed by atoms with van der Waals surface area (Å²) in [7, 11) is 0. The molecule has 1 amide bonds. The number of tetrazole rings is 1. The Morgan fingerprint density at radius 3 is 2.81 bits per heavy atom. The quantitative estimate of drug-likeness (QED) is 0.531. The fourth-order valence-corrected chi connectivity index (χ4v) is 2.90. The van der Waals surface area contributed by atoms with Gasteiger partial charge in [-0.05, 0) is 47.5 Å². The van der Waals surface area contributed by atoms with E-state index in [0.29, 0.717) is 17.6 Å². The van der Waals surface area contributed by atoms with Crippen LogP contribution in [-0.2, 0) is 0 Å². The summed E-state index contributed by atoms with van der Waals surface area (Å²) in [6.07, 6.45) is 2.07. The van der Waals surface area contributed by atoms with E-state index in [2.05, 4.69) is 20.8 Å². The third-order valence-electron chi connectivity index (χ3n) is 4.17. The second-order valence-electron chi connectivity index (χ2n) is 6.13. The van der Waals surface area contributed by atoms with Crippen LogP contribution >= 0.6 is 11.6 Å². The van der Waals surface area contributed by atoms with Crippen LogP contribution in [0.15, 0.2) is 42.5 Å². The van der Waals surface area contributed by atoms with Gasteiger partial charge in [-0.25, -0.2) is 4.68 Å². The van der Waals surface area contributed by atoms with Gasteiger partial charge in [0.05, 0.1) is 11.0 Å². The number of benzene rings is 2. The van der Waals surface area contributed by atoms with E-state index >= 15 is 0 Å². The zero-order valence-corrected chi connectivity index (χ0v) is 14.6. The highest BCUT2D eigenvalue weighted by Crippen LogP contribution is 2.36. The minimum atomic E-state index is -0.638. The van der Waals surface area contributed by atoms with Gasteiger partial charge in [0.2, 0.25) is 0 Å². The summed E-state index contributed by atoms with van der Waals surface area (Å²) in [4.78, 5) is 23.1. The highest BCUT2D eigenvalue weighted by atomic mass is 35.5. The molecule has 1 N–H and O–H groups in total. The highest BCUT2D eigenvalue weighted by molar-refractivity contribution is 6.31. The van der Waals surface area contributed by atoms with E-state index in [0.717, 1.165) is 24.5 Å². The van der Waals surface area contributed by atoms with Crippen LogP contribution in [-0.4, -0.2) is 31.0 Å². The summed E-state index contributed by atoms with van der Waals surface area (Å²) >= 11 is 5.79. The first-order valence-electron chi connectivity index (χ1n) is 8.16. The number of hydrogen-bond donors (Lipinski definition) is 1. The SMILES string of the molecule is O=C(Nc1cccc(-c2nnnn2C2CC2)c1)c1ccc(Cl)cc1[N+](=O)[O-]. The molecule has 0 spiro atoms. The molecule has 1 aromatic heterocycles. The topological polar surface area (TPSA) is 116 Å². The van der Waals surface area contributed by atoms with E-state index < -0.39 is 10.8 Å². The molecule has 9 nitrogen and oxygen atoms in total. The fourth-order valence-electron chi connectivity index (χ4n) is 2.73. The number of anilines is 1. The Kier molecular flexibility index (Phi) is 4.28. The monoisotopic (exact) mass is 384 g/mol. The maximum absolute atomic E-state index is 12.5. The smallest absolute Gasteiger partial charge is 0.283 e. The maximum Gasteiger partial charge on any atom is 0.283 e. The van der Waals surface area contributed by atoms with Gasteiger partial charge in [-0.2, -0.15) is 0 Å². The third kappa shape index (κ3) is 3.49. The lowest BCUT2D eigenvalue weighted by atomic mass is 10.1. The summed E-state index contributed by atoms with van der Waals surface area (Å²) < 4.78 is 1.77. The van der Waals surface area contributed by atoms with Crippen molar-refractivity contribution < 1.29 is 9.72 Å². The van der Waals surface area contributed by atoms with Gasteiger partial charge < -0.3 is 5.32 Å². The highest BCUT2D eigenvalue weighted by Gasteiger charge is 2.28. The molecule has 1 fully saturated rings. The molecule has 0 radical (unpaired) electrons. The number of amides is 1. The van der Waals surface area contributed by atoms with E-state index in [-0.39, 0.29) is 16.3 Å². The molecular weight excluding hydrogens is 372 g/mol. The van der Waals surface area contributed by atoms with Crippen molar-refractivity contribution in [1.82, 2.24) is 20.2 Å². The van der Waals surface area contributed by atoms with Gasteiger partial charge in [0.15, 0.2) is 5.82 Å². The Balaban J connectivity index is 1.61. The Labute approximate surface area is 158 Å². The van der Waals surface area contributed by atoms with Crippen molar-refractivity contribution in [3.63, 3.8) is 0 Å². The molecule has 27 heavy (non-hydrogen) atoms. The van der Waals surface area contributed by atoms with Gasteiger partial charge in [0.25, 0.3) is 11.6 Å². The predicted octanol–water partition coefficient (Wildman–Crippen LogP) is 3.49. The van der Waals surface area contributed by atoms with Crippen molar-refractivity contribution in [2.45, 2.75) is 18.9 Å². The van der Waals surface area contributed by atoms with E-state index in [1.54, 1.807) is 22.9 Å². The molecule has 1 aliphatic carbocycles. The second-order valence-corrected chi connectivity index (χ2v) is 6.57. The average molecular weight is 385 g/mol. The number of rotatable bonds is 5. The van der Waals surface area contributed by atoms with Crippen molar-refractivity contribution in [2.24, 2.45) is 0 Å². The van der Waals surface area contributed by atoms with Crippen LogP contribution in [0, 0.1) is 10.1 Å². The summed E-state index contributed by atoms with van der Waals surface area (Å²) in [6, 6.07) is 11.2. The molecular formula is C17H13ClN6O3. The Morgan fingerprint density at radius 2 is 2.07 bits per heavy atom. The third-order valence-corrected chi connectivity index (χ3v) is 4.40. The number of aromatic nitrogens is 4. The zero-order valence-electron chi connectivity index (χ0n) is 13.9. The van der Waals surface area contributed by atoms with Crippen molar-refractivity contribution >= 4 is 28.9 Å². The van der Waals surface area contributed by atoms with E-state index in [1.165, 1.54) is 12.1 Å². The van der Waals surface area contributed by atoms with E-state index in [9.17, 15) is 14.9 Å². The number of nitro benzene ring substituents is 1. The first-order chi connectivity index (χ1) is 13.0. The van der Waals surface area contributed by atoms with E-state index in [4.69, 9.17) is 11.6 Å². The van der Waals surface area contributed by atoms with Gasteiger partial charge in [-0.15, -0.1) is 5.10 Å². The van der Waals surface area contributed by atoms with Crippen molar-refractivity contribution in [1.29, 1.82) is 0 Å². The van der Waals surface area contributed by atoms with Crippen LogP contribution in [0.1, 0.15) is 29.2 Å². The summed E-state index contributed by atoms with van der Waals surface area (Å²) in [6.45, 7) is 0. The first-order valence-corrected chi connectivity index (χ1v) is 8.54. The molecule has 3 aromatic rings. The fraction of sp³-hybridized carbons (Fsp3) is 0.176. The molecule has 4 rings (SSSR count). The molecule has 136 valence electrons. The van der Waals surface area contributed by atoms with E-state index in [1.807, 2.05) is 6.07 Å². The van der Waals surface area contributed by atoms with Crippen molar-refractivity contribution in [3.05, 3.63) is 63.2 Å². The molecule has 0 bridgehead atoms. The Morgan fingerprint density at radius 1 is 1.26 bits per heavy atom. The number of nitrogens with zero attached hydrogens (tertiary/aromatic N) is 5. The number of halogens is 1. The number of nitrogens with one attached hydrogen (secondary N) is 1. The van der Waals surface area contributed by atoms with Gasteiger partial charge in [0.1, 0.15) is 5.56 Å². The van der Waals surface area contributed by atoms with Gasteiger partial charge >= 0.3 is 0 Å². The average Bonchev–Trinajstić information content (AvgIpc) is 3.38. The maximum atomic E-state index is 12.5. The summed E-state index contributed by atoms with van der Waals surface area (Å²) in [5.74, 6) is 0.0170. The molecule has 1 heterocycles. The van der Waals surface area contributed by atoms with Crippen LogP contribution in [0.25, 0.3) is 11.4 Å². The molecule has 0 atom stereocenters. The van der Waals surface area contributed by atoms with Crippen LogP contribution in [0.2, 0.25) is 5.02 Å². The predicted molar refractivity (Wildman–Crippen MR) is 97.6 cm³/mol. The van der Waals surface area contributed by atoms with Crippen LogP contribution < -0.4 is 5.32 Å². The normalized spacial score (nSPS) is 13.4. The number of hydrogen-bond acceptors (Lipinski definition) is 6. The minimum Gasteiger partial charge on any atom is -0.322 e. The molecule has 2 aromatic carbocycles. The first kappa shape index (κ1) is 17.1. The van der Waals surface area contributed by atoms with Crippen LogP contribution in [0.5, 0.6) is 0 Å². The Bertz CT molecular complexity index is 1050. The second kappa shape index (κ2) is 6.76. The van der Waals surface area contributed by atoms with Crippen LogP contribution in [0.4, 0.5) is 11.4 Å². The van der Waals surface area contributed by atoms with Gasteiger partial charge in [-0.1, -0.05) is 23.7 Å². The molecule has 0 unspecified atom stereocenters. The molecule has 0 aliphatic heterocycles. The largest absolute Gasteiger partial charge is 0.322 e. The standard InChI is InChI=1S/C17H13ClN6O3/c18-11-4-7-14(15(9-11)24(26)27)17(25)19-12-3-1-2-10(8-12)16-20-21-22-23(16)13-5-6-13/h1-4,7-9,13H,5-6H2,(H,19,25). The lowest BCUT2D eigenvalue weighted by Crippen LogP contribution is -2.14. The lowest BCUT2D eigenvalue weighted by Gasteiger charge is -2.08. The number of carbonyl (C=O) groups is 1. The zero-order chi connectivity index (χ0) is 19.0. The minimum absolute atomic E-state index is 0.0717. The summed E-state index contributed by atoms with van der Waals surface area (Å²) in [5.41, 5.74) is 0.800. The summed E-state index contributed by atoms with van der Waals surface area (Å²) in [5, 5.41) is 25.8. The molecule has 0 saturated heterocycles. The molecule has 1 aliphatic rings. The Hall–Kier alpha value is -3.33. The van der Waals surface area contributed by atoms with Crippen molar-refractivity contribution in [2.75, 3.05) is 5.32 Å².